The molecule has 1 heterocycles. The highest BCUT2D eigenvalue weighted by Crippen LogP contribution is 2.44. The van der Waals surface area contributed by atoms with E-state index in [2.05, 4.69) is 0 Å². The molecule has 4 aromatic carbocycles. The fraction of sp³-hybridized carbons (Fsp3) is 0. The summed E-state index contributed by atoms with van der Waals surface area (Å²) < 4.78 is 6.49. The highest BCUT2D eigenvalue weighted by atomic mass is 16.3. The summed E-state index contributed by atoms with van der Waals surface area (Å²) in [5, 5.41) is 0. The molecule has 0 saturated heterocycles. The van der Waals surface area contributed by atoms with E-state index in [9.17, 15) is 4.79 Å². The summed E-state index contributed by atoms with van der Waals surface area (Å²) in [6, 6.07) is 39.1. The number of carbonyl (C=O) groups excluding carboxylic acids is 1. The molecule has 0 aliphatic heterocycles. The Morgan fingerprint density at radius 2 is 0.903 bits per heavy atom. The van der Waals surface area contributed by atoms with E-state index in [0.29, 0.717) is 22.6 Å². The van der Waals surface area contributed by atoms with E-state index >= 15 is 0 Å². The third kappa shape index (κ3) is 3.60. The molecule has 0 unspecified atom stereocenters. The Hall–Kier alpha value is -4.17. The van der Waals surface area contributed by atoms with Gasteiger partial charge in [-0.15, -0.1) is 0 Å². The summed E-state index contributed by atoms with van der Waals surface area (Å²) in [7, 11) is 0. The molecule has 0 spiro atoms. The second-order valence-electron chi connectivity index (χ2n) is 7.30. The van der Waals surface area contributed by atoms with E-state index in [1.54, 1.807) is 0 Å². The smallest absolute Gasteiger partial charge is 0.197 e. The molecule has 0 N–H and O–H groups in total. The van der Waals surface area contributed by atoms with Crippen molar-refractivity contribution < 1.29 is 9.21 Å². The lowest BCUT2D eigenvalue weighted by Crippen LogP contribution is -2.03. The molecule has 0 atom stereocenters. The number of rotatable bonds is 5. The van der Waals surface area contributed by atoms with Crippen LogP contribution < -0.4 is 0 Å². The molecule has 2 heteroatoms. The molecule has 1 aromatic heterocycles. The van der Waals surface area contributed by atoms with Crippen molar-refractivity contribution in [3.8, 4) is 33.8 Å². The Balaban J connectivity index is 1.86. The molecule has 0 saturated carbocycles. The minimum Gasteiger partial charge on any atom is -0.455 e. The molecular formula is C29H20O2. The first kappa shape index (κ1) is 18.8. The number of hydrogen-bond donors (Lipinski definition) is 0. The highest BCUT2D eigenvalue weighted by molar-refractivity contribution is 6.18. The zero-order chi connectivity index (χ0) is 21.0. The first-order valence-corrected chi connectivity index (χ1v) is 10.3. The fourth-order valence-corrected chi connectivity index (χ4v) is 3.85. The van der Waals surface area contributed by atoms with Crippen LogP contribution >= 0.6 is 0 Å². The normalized spacial score (nSPS) is 10.7. The molecule has 0 aliphatic rings. The molecule has 0 bridgehead atoms. The maximum Gasteiger partial charge on any atom is 0.197 e. The first-order chi connectivity index (χ1) is 15.3. The van der Waals surface area contributed by atoms with Gasteiger partial charge in [0.15, 0.2) is 5.78 Å². The van der Waals surface area contributed by atoms with Gasteiger partial charge in [0.05, 0.1) is 5.56 Å². The largest absolute Gasteiger partial charge is 0.455 e. The Bertz CT molecular complexity index is 1300. The molecule has 0 fully saturated rings. The maximum atomic E-state index is 13.8. The average Bonchev–Trinajstić information content (AvgIpc) is 3.26. The van der Waals surface area contributed by atoms with E-state index in [4.69, 9.17) is 4.42 Å². The van der Waals surface area contributed by atoms with Crippen LogP contribution in [0.5, 0.6) is 0 Å². The van der Waals surface area contributed by atoms with Gasteiger partial charge in [0, 0.05) is 22.3 Å². The monoisotopic (exact) mass is 400 g/mol. The number of hydrogen-bond acceptors (Lipinski definition) is 2. The fourth-order valence-electron chi connectivity index (χ4n) is 3.85. The standard InChI is InChI=1S/C29H20O2/c30-27(22-15-7-2-8-16-22)26-25(21-13-5-1-6-14-21)28(23-17-9-3-10-18-23)31-29(26)24-19-11-4-12-20-24/h1-20H. The van der Waals surface area contributed by atoms with Crippen LogP contribution in [0.4, 0.5) is 0 Å². The van der Waals surface area contributed by atoms with Crippen LogP contribution in [0.2, 0.25) is 0 Å². The molecular weight excluding hydrogens is 380 g/mol. The third-order valence-corrected chi connectivity index (χ3v) is 5.31. The van der Waals surface area contributed by atoms with Crippen LogP contribution in [-0.2, 0) is 0 Å². The lowest BCUT2D eigenvalue weighted by molar-refractivity contribution is 0.103. The van der Waals surface area contributed by atoms with Crippen molar-refractivity contribution in [2.45, 2.75) is 0 Å². The lowest BCUT2D eigenvalue weighted by Gasteiger charge is -2.07. The van der Waals surface area contributed by atoms with Crippen LogP contribution in [0, 0.1) is 0 Å². The van der Waals surface area contributed by atoms with E-state index in [1.165, 1.54) is 0 Å². The minimum atomic E-state index is -0.0516. The summed E-state index contributed by atoms with van der Waals surface area (Å²) >= 11 is 0. The minimum absolute atomic E-state index is 0.0516. The Labute approximate surface area is 181 Å². The van der Waals surface area contributed by atoms with Gasteiger partial charge in [-0.25, -0.2) is 0 Å². The SMILES string of the molecule is O=C(c1ccccc1)c1c(-c2ccccc2)oc(-c2ccccc2)c1-c1ccccc1. The number of carbonyl (C=O) groups is 1. The van der Waals surface area contributed by atoms with Crippen LogP contribution in [0.3, 0.4) is 0 Å². The predicted molar refractivity (Wildman–Crippen MR) is 125 cm³/mol. The van der Waals surface area contributed by atoms with Crippen molar-refractivity contribution in [3.63, 3.8) is 0 Å². The van der Waals surface area contributed by atoms with Gasteiger partial charge in [0.1, 0.15) is 11.5 Å². The van der Waals surface area contributed by atoms with Gasteiger partial charge in [-0.05, 0) is 5.56 Å². The highest BCUT2D eigenvalue weighted by Gasteiger charge is 2.28. The van der Waals surface area contributed by atoms with E-state index in [-0.39, 0.29) is 5.78 Å². The summed E-state index contributed by atoms with van der Waals surface area (Å²) in [4.78, 5) is 13.8. The molecule has 2 nitrogen and oxygen atoms in total. The van der Waals surface area contributed by atoms with Gasteiger partial charge < -0.3 is 4.42 Å². The zero-order valence-corrected chi connectivity index (χ0v) is 16.9. The predicted octanol–water partition coefficient (Wildman–Crippen LogP) is 7.51. The van der Waals surface area contributed by atoms with Crippen LogP contribution in [0.1, 0.15) is 15.9 Å². The average molecular weight is 400 g/mol. The van der Waals surface area contributed by atoms with Crippen molar-refractivity contribution in [3.05, 3.63) is 132 Å². The van der Waals surface area contributed by atoms with Gasteiger partial charge in [-0.2, -0.15) is 0 Å². The van der Waals surface area contributed by atoms with Crippen molar-refractivity contribution >= 4 is 5.78 Å². The number of furan rings is 1. The summed E-state index contributed by atoms with van der Waals surface area (Å²) in [6.07, 6.45) is 0. The molecule has 5 rings (SSSR count). The van der Waals surface area contributed by atoms with Crippen molar-refractivity contribution in [2.24, 2.45) is 0 Å². The summed E-state index contributed by atoms with van der Waals surface area (Å²) in [5.74, 6) is 1.24. The van der Waals surface area contributed by atoms with Crippen LogP contribution in [0.15, 0.2) is 126 Å². The van der Waals surface area contributed by atoms with Gasteiger partial charge >= 0.3 is 0 Å². The van der Waals surface area contributed by atoms with Gasteiger partial charge in [-0.1, -0.05) is 121 Å². The molecule has 0 aliphatic carbocycles. The van der Waals surface area contributed by atoms with Crippen molar-refractivity contribution in [1.82, 2.24) is 0 Å². The van der Waals surface area contributed by atoms with E-state index < -0.39 is 0 Å². The van der Waals surface area contributed by atoms with Crippen LogP contribution in [0.25, 0.3) is 33.8 Å². The Morgan fingerprint density at radius 3 is 1.42 bits per heavy atom. The Kier molecular flexibility index (Phi) is 5.04. The second kappa shape index (κ2) is 8.29. The van der Waals surface area contributed by atoms with Crippen LogP contribution in [-0.4, -0.2) is 5.78 Å². The molecule has 5 aromatic rings. The summed E-state index contributed by atoms with van der Waals surface area (Å²) in [5.41, 5.74) is 4.80. The quantitative estimate of drug-likeness (QED) is 0.286. The zero-order valence-electron chi connectivity index (χ0n) is 16.9. The first-order valence-electron chi connectivity index (χ1n) is 10.3. The topological polar surface area (TPSA) is 30.2 Å². The molecule has 0 radical (unpaired) electrons. The maximum absolute atomic E-state index is 13.8. The lowest BCUT2D eigenvalue weighted by atomic mass is 9.91. The van der Waals surface area contributed by atoms with Gasteiger partial charge in [-0.3, -0.25) is 4.79 Å². The van der Waals surface area contributed by atoms with Gasteiger partial charge in [0.25, 0.3) is 0 Å². The van der Waals surface area contributed by atoms with Crippen molar-refractivity contribution in [1.29, 1.82) is 0 Å². The van der Waals surface area contributed by atoms with E-state index in [1.807, 2.05) is 121 Å². The van der Waals surface area contributed by atoms with E-state index in [0.717, 1.165) is 22.3 Å². The Morgan fingerprint density at radius 1 is 0.484 bits per heavy atom. The third-order valence-electron chi connectivity index (χ3n) is 5.31. The van der Waals surface area contributed by atoms with Gasteiger partial charge in [0.2, 0.25) is 0 Å². The molecule has 148 valence electrons. The number of benzene rings is 4. The molecule has 0 amide bonds. The summed E-state index contributed by atoms with van der Waals surface area (Å²) in [6.45, 7) is 0. The van der Waals surface area contributed by atoms with Crippen molar-refractivity contribution in [2.75, 3.05) is 0 Å². The second-order valence-corrected chi connectivity index (χ2v) is 7.30. The molecule has 31 heavy (non-hydrogen) atoms. The number of ketones is 1.